The van der Waals surface area contributed by atoms with Crippen molar-refractivity contribution in [3.05, 3.63) is 65.7 Å². The van der Waals surface area contributed by atoms with Gasteiger partial charge in [0.05, 0.1) is 18.4 Å². The van der Waals surface area contributed by atoms with Crippen LogP contribution in [0.4, 0.5) is 10.5 Å². The Labute approximate surface area is 147 Å². The molecular weight excluding hydrogens is 340 g/mol. The second kappa shape index (κ2) is 8.64. The van der Waals surface area contributed by atoms with Gasteiger partial charge in [0.15, 0.2) is 9.84 Å². The summed E-state index contributed by atoms with van der Waals surface area (Å²) in [6.07, 6.45) is 1.67. The average Bonchev–Trinajstić information content (AvgIpc) is 2.54. The smallest absolute Gasteiger partial charge is 0.319 e. The quantitative estimate of drug-likeness (QED) is 0.702. The van der Waals surface area contributed by atoms with Crippen molar-refractivity contribution in [2.45, 2.75) is 18.2 Å². The fourth-order valence-electron chi connectivity index (χ4n) is 2.45. The summed E-state index contributed by atoms with van der Waals surface area (Å²) >= 11 is 0. The SMILES string of the molecule is CS(=O)(=O)Cc1cccc(NC(=O)NC(CO)Cc2ccccc2)c1. The fourth-order valence-corrected chi connectivity index (χ4v) is 3.24. The van der Waals surface area contributed by atoms with Gasteiger partial charge in [-0.1, -0.05) is 42.5 Å². The van der Waals surface area contributed by atoms with Crippen molar-refractivity contribution in [3.63, 3.8) is 0 Å². The molecule has 7 heteroatoms. The van der Waals surface area contributed by atoms with Crippen LogP contribution in [0, 0.1) is 0 Å². The van der Waals surface area contributed by atoms with Crippen molar-refractivity contribution in [1.82, 2.24) is 5.32 Å². The van der Waals surface area contributed by atoms with Crippen LogP contribution in [-0.4, -0.2) is 38.5 Å². The van der Waals surface area contributed by atoms with Crippen LogP contribution >= 0.6 is 0 Å². The Balaban J connectivity index is 1.95. The molecule has 0 spiro atoms. The minimum atomic E-state index is -3.14. The van der Waals surface area contributed by atoms with Crippen LogP contribution in [0.1, 0.15) is 11.1 Å². The number of aliphatic hydroxyl groups is 1. The van der Waals surface area contributed by atoms with Gasteiger partial charge in [0.1, 0.15) is 0 Å². The maximum atomic E-state index is 12.1. The molecule has 3 N–H and O–H groups in total. The normalized spacial score (nSPS) is 12.4. The zero-order chi connectivity index (χ0) is 18.3. The van der Waals surface area contributed by atoms with Crippen LogP contribution < -0.4 is 10.6 Å². The number of rotatable bonds is 7. The second-order valence-electron chi connectivity index (χ2n) is 5.94. The molecule has 2 rings (SSSR count). The van der Waals surface area contributed by atoms with Crippen LogP contribution in [0.5, 0.6) is 0 Å². The van der Waals surface area contributed by atoms with E-state index in [4.69, 9.17) is 0 Å². The number of carbonyl (C=O) groups is 1. The summed E-state index contributed by atoms with van der Waals surface area (Å²) in [5.74, 6) is -0.0859. The van der Waals surface area contributed by atoms with Gasteiger partial charge in [-0.3, -0.25) is 0 Å². The molecule has 0 radical (unpaired) electrons. The lowest BCUT2D eigenvalue weighted by Gasteiger charge is -2.17. The number of carbonyl (C=O) groups excluding carboxylic acids is 1. The third kappa shape index (κ3) is 6.94. The highest BCUT2D eigenvalue weighted by Crippen LogP contribution is 2.13. The third-order valence-electron chi connectivity index (χ3n) is 3.49. The molecule has 2 aromatic rings. The zero-order valence-corrected chi connectivity index (χ0v) is 14.8. The van der Waals surface area contributed by atoms with E-state index >= 15 is 0 Å². The Morgan fingerprint density at radius 3 is 2.40 bits per heavy atom. The molecule has 0 aliphatic rings. The number of nitrogens with one attached hydrogen (secondary N) is 2. The number of hydrogen-bond acceptors (Lipinski definition) is 4. The lowest BCUT2D eigenvalue weighted by atomic mass is 10.1. The predicted octanol–water partition coefficient (Wildman–Crippen LogP) is 1.96. The van der Waals surface area contributed by atoms with E-state index < -0.39 is 21.9 Å². The number of anilines is 1. The van der Waals surface area contributed by atoms with Crippen LogP contribution in [0.15, 0.2) is 54.6 Å². The van der Waals surface area contributed by atoms with Gasteiger partial charge in [-0.05, 0) is 29.7 Å². The van der Waals surface area contributed by atoms with E-state index in [1.165, 1.54) is 0 Å². The molecule has 2 aromatic carbocycles. The Kier molecular flexibility index (Phi) is 6.55. The molecule has 25 heavy (non-hydrogen) atoms. The first-order valence-electron chi connectivity index (χ1n) is 7.84. The molecule has 0 aliphatic carbocycles. The number of sulfone groups is 1. The van der Waals surface area contributed by atoms with Gasteiger partial charge in [0.2, 0.25) is 0 Å². The van der Waals surface area contributed by atoms with Crippen LogP contribution in [0.2, 0.25) is 0 Å². The van der Waals surface area contributed by atoms with Gasteiger partial charge in [-0.2, -0.15) is 0 Å². The van der Waals surface area contributed by atoms with Crippen molar-refractivity contribution in [2.24, 2.45) is 0 Å². The molecule has 0 saturated heterocycles. The molecule has 0 saturated carbocycles. The van der Waals surface area contributed by atoms with Gasteiger partial charge in [0.25, 0.3) is 0 Å². The van der Waals surface area contributed by atoms with Gasteiger partial charge >= 0.3 is 6.03 Å². The van der Waals surface area contributed by atoms with Crippen molar-refractivity contribution in [3.8, 4) is 0 Å². The van der Waals surface area contributed by atoms with Crippen LogP contribution in [-0.2, 0) is 22.0 Å². The second-order valence-corrected chi connectivity index (χ2v) is 8.08. The molecule has 0 bridgehead atoms. The van der Waals surface area contributed by atoms with E-state index in [1.54, 1.807) is 24.3 Å². The molecule has 1 atom stereocenters. The molecule has 0 heterocycles. The first-order valence-corrected chi connectivity index (χ1v) is 9.91. The number of benzene rings is 2. The molecule has 6 nitrogen and oxygen atoms in total. The topological polar surface area (TPSA) is 95.5 Å². The third-order valence-corrected chi connectivity index (χ3v) is 4.35. The number of aliphatic hydroxyl groups excluding tert-OH is 1. The maximum absolute atomic E-state index is 12.1. The lowest BCUT2D eigenvalue weighted by molar-refractivity contribution is 0.224. The van der Waals surface area contributed by atoms with Crippen molar-refractivity contribution in [2.75, 3.05) is 18.2 Å². The fraction of sp³-hybridized carbons (Fsp3) is 0.278. The Morgan fingerprint density at radius 1 is 1.08 bits per heavy atom. The molecule has 0 fully saturated rings. The first kappa shape index (κ1) is 19.0. The van der Waals surface area contributed by atoms with E-state index in [0.29, 0.717) is 17.7 Å². The molecular formula is C18H22N2O4S. The van der Waals surface area contributed by atoms with E-state index in [-0.39, 0.29) is 12.4 Å². The summed E-state index contributed by atoms with van der Waals surface area (Å²) in [5, 5.41) is 14.8. The number of urea groups is 1. The number of amides is 2. The van der Waals surface area contributed by atoms with Crippen molar-refractivity contribution < 1.29 is 18.3 Å². The predicted molar refractivity (Wildman–Crippen MR) is 98.2 cm³/mol. The highest BCUT2D eigenvalue weighted by atomic mass is 32.2. The van der Waals surface area contributed by atoms with Crippen LogP contribution in [0.25, 0.3) is 0 Å². The van der Waals surface area contributed by atoms with E-state index in [0.717, 1.165) is 11.8 Å². The molecule has 2 amide bonds. The molecule has 1 unspecified atom stereocenters. The molecule has 0 aliphatic heterocycles. The summed E-state index contributed by atoms with van der Waals surface area (Å²) in [7, 11) is -3.14. The summed E-state index contributed by atoms with van der Waals surface area (Å²) < 4.78 is 22.7. The zero-order valence-electron chi connectivity index (χ0n) is 14.0. The van der Waals surface area contributed by atoms with Crippen molar-refractivity contribution in [1.29, 1.82) is 0 Å². The highest BCUT2D eigenvalue weighted by molar-refractivity contribution is 7.89. The van der Waals surface area contributed by atoms with E-state index in [2.05, 4.69) is 10.6 Å². The van der Waals surface area contributed by atoms with E-state index in [1.807, 2.05) is 30.3 Å². The van der Waals surface area contributed by atoms with E-state index in [9.17, 15) is 18.3 Å². The highest BCUT2D eigenvalue weighted by Gasteiger charge is 2.13. The van der Waals surface area contributed by atoms with Crippen molar-refractivity contribution >= 4 is 21.6 Å². The number of hydrogen-bond donors (Lipinski definition) is 3. The Hall–Kier alpha value is -2.38. The van der Waals surface area contributed by atoms with Gasteiger partial charge in [0, 0.05) is 11.9 Å². The molecule has 0 aromatic heterocycles. The molecule has 134 valence electrons. The standard InChI is InChI=1S/C18H22N2O4S/c1-25(23,24)13-15-8-5-9-16(11-15)19-18(22)20-17(12-21)10-14-6-3-2-4-7-14/h2-9,11,17,21H,10,12-13H2,1H3,(H2,19,20,22). The largest absolute Gasteiger partial charge is 0.394 e. The minimum absolute atomic E-state index is 0.0859. The lowest BCUT2D eigenvalue weighted by Crippen LogP contribution is -2.41. The average molecular weight is 362 g/mol. The summed E-state index contributed by atoms with van der Waals surface area (Å²) in [5.41, 5.74) is 2.11. The summed E-state index contributed by atoms with van der Waals surface area (Å²) in [6, 6.07) is 15.4. The van der Waals surface area contributed by atoms with Crippen LogP contribution in [0.3, 0.4) is 0 Å². The first-order chi connectivity index (χ1) is 11.9. The van der Waals surface area contributed by atoms with Gasteiger partial charge in [-0.15, -0.1) is 0 Å². The minimum Gasteiger partial charge on any atom is -0.394 e. The Bertz CT molecular complexity index is 807. The summed E-state index contributed by atoms with van der Waals surface area (Å²) in [4.78, 5) is 12.1. The van der Waals surface area contributed by atoms with Gasteiger partial charge in [-0.25, -0.2) is 13.2 Å². The monoisotopic (exact) mass is 362 g/mol. The maximum Gasteiger partial charge on any atom is 0.319 e. The Morgan fingerprint density at radius 2 is 1.76 bits per heavy atom. The van der Waals surface area contributed by atoms with Gasteiger partial charge < -0.3 is 15.7 Å². The summed E-state index contributed by atoms with van der Waals surface area (Å²) in [6.45, 7) is -0.184.